The first kappa shape index (κ1) is 14.4. The molecule has 0 aromatic carbocycles. The van der Waals surface area contributed by atoms with Crippen molar-refractivity contribution in [3.05, 3.63) is 23.9 Å². The summed E-state index contributed by atoms with van der Waals surface area (Å²) in [5, 5.41) is 3.27. The van der Waals surface area contributed by atoms with Crippen molar-refractivity contribution in [1.82, 2.24) is 9.88 Å². The zero-order chi connectivity index (χ0) is 13.5. The number of rotatable bonds is 6. The predicted molar refractivity (Wildman–Crippen MR) is 71.8 cm³/mol. The third-order valence-corrected chi connectivity index (χ3v) is 2.58. The van der Waals surface area contributed by atoms with Crippen LogP contribution in [0.3, 0.4) is 0 Å². The van der Waals surface area contributed by atoms with Gasteiger partial charge < -0.3 is 15.0 Å². The van der Waals surface area contributed by atoms with Crippen LogP contribution in [0.25, 0.3) is 0 Å². The number of carbonyl (C=O) groups excluding carboxylic acids is 1. The molecule has 0 saturated carbocycles. The van der Waals surface area contributed by atoms with Crippen molar-refractivity contribution in [2.45, 2.75) is 19.4 Å². The third kappa shape index (κ3) is 4.71. The van der Waals surface area contributed by atoms with E-state index in [2.05, 4.69) is 26.9 Å². The average molecular weight is 251 g/mol. The van der Waals surface area contributed by atoms with Gasteiger partial charge in [-0.05, 0) is 46.1 Å². The average Bonchev–Trinajstić information content (AvgIpc) is 2.35. The fraction of sp³-hybridized carbons (Fsp3) is 0.538. The lowest BCUT2D eigenvalue weighted by Crippen LogP contribution is -2.23. The molecule has 18 heavy (non-hydrogen) atoms. The number of ether oxygens (including phenoxy) is 1. The number of esters is 1. The molecule has 1 unspecified atom stereocenters. The highest BCUT2D eigenvalue weighted by Gasteiger charge is 2.08. The van der Waals surface area contributed by atoms with Gasteiger partial charge in [-0.3, -0.25) is 0 Å². The third-order valence-electron chi connectivity index (χ3n) is 2.58. The minimum absolute atomic E-state index is 0.299. The molecule has 1 N–H and O–H groups in total. The molecular formula is C13H21N3O2. The number of methoxy groups -OCH3 is 1. The summed E-state index contributed by atoms with van der Waals surface area (Å²) in [6.07, 6.45) is 2.62. The Morgan fingerprint density at radius 3 is 2.89 bits per heavy atom. The molecule has 0 saturated heterocycles. The van der Waals surface area contributed by atoms with Crippen molar-refractivity contribution in [1.29, 1.82) is 0 Å². The van der Waals surface area contributed by atoms with Crippen LogP contribution < -0.4 is 5.32 Å². The van der Waals surface area contributed by atoms with Crippen LogP contribution in [0, 0.1) is 0 Å². The van der Waals surface area contributed by atoms with Crippen LogP contribution in [0.1, 0.15) is 23.7 Å². The number of hydrogen-bond acceptors (Lipinski definition) is 5. The number of nitrogens with one attached hydrogen (secondary N) is 1. The second-order valence-electron chi connectivity index (χ2n) is 4.56. The lowest BCUT2D eigenvalue weighted by Gasteiger charge is -2.17. The normalized spacial score (nSPS) is 12.3. The molecule has 0 aliphatic heterocycles. The monoisotopic (exact) mass is 251 g/mol. The molecule has 0 aliphatic carbocycles. The van der Waals surface area contributed by atoms with E-state index in [-0.39, 0.29) is 5.97 Å². The summed E-state index contributed by atoms with van der Waals surface area (Å²) >= 11 is 0. The van der Waals surface area contributed by atoms with E-state index in [1.165, 1.54) is 7.11 Å². The van der Waals surface area contributed by atoms with Crippen molar-refractivity contribution in [3.8, 4) is 0 Å². The van der Waals surface area contributed by atoms with Crippen molar-refractivity contribution < 1.29 is 9.53 Å². The minimum atomic E-state index is -0.346. The number of hydrogen-bond donors (Lipinski definition) is 1. The molecule has 0 fully saturated rings. The SMILES string of the molecule is COC(=O)c1ccnc(NC(C)CCN(C)C)c1. The summed E-state index contributed by atoms with van der Waals surface area (Å²) in [6, 6.07) is 3.65. The number of anilines is 1. The van der Waals surface area contributed by atoms with E-state index >= 15 is 0 Å². The molecule has 100 valence electrons. The maximum atomic E-state index is 11.4. The van der Waals surface area contributed by atoms with E-state index in [1.54, 1.807) is 18.3 Å². The molecule has 0 bridgehead atoms. The fourth-order valence-corrected chi connectivity index (χ4v) is 1.53. The zero-order valence-electron chi connectivity index (χ0n) is 11.4. The standard InChI is InChI=1S/C13H21N3O2/c1-10(6-8-16(2)3)15-12-9-11(5-7-14-12)13(17)18-4/h5,7,9-10H,6,8H2,1-4H3,(H,14,15). The van der Waals surface area contributed by atoms with Crippen LogP contribution in [-0.4, -0.2) is 49.6 Å². The molecular weight excluding hydrogens is 230 g/mol. The van der Waals surface area contributed by atoms with Gasteiger partial charge in [0, 0.05) is 12.2 Å². The first-order valence-corrected chi connectivity index (χ1v) is 5.98. The topological polar surface area (TPSA) is 54.5 Å². The quantitative estimate of drug-likeness (QED) is 0.779. The van der Waals surface area contributed by atoms with Crippen molar-refractivity contribution in [2.24, 2.45) is 0 Å². The van der Waals surface area contributed by atoms with Gasteiger partial charge in [0.2, 0.25) is 0 Å². The summed E-state index contributed by atoms with van der Waals surface area (Å²) in [6.45, 7) is 3.10. The van der Waals surface area contributed by atoms with Crippen LogP contribution in [0.5, 0.6) is 0 Å². The Bertz CT molecular complexity index is 394. The highest BCUT2D eigenvalue weighted by Crippen LogP contribution is 2.10. The Hall–Kier alpha value is -1.62. The van der Waals surface area contributed by atoms with Crippen molar-refractivity contribution >= 4 is 11.8 Å². The summed E-state index contributed by atoms with van der Waals surface area (Å²) in [5.74, 6) is 0.352. The smallest absolute Gasteiger partial charge is 0.338 e. The van der Waals surface area contributed by atoms with Crippen LogP contribution in [0.2, 0.25) is 0 Å². The molecule has 5 nitrogen and oxygen atoms in total. The number of nitrogens with zero attached hydrogens (tertiary/aromatic N) is 2. The largest absolute Gasteiger partial charge is 0.465 e. The summed E-state index contributed by atoms with van der Waals surface area (Å²) in [4.78, 5) is 17.7. The first-order valence-electron chi connectivity index (χ1n) is 5.98. The van der Waals surface area contributed by atoms with Gasteiger partial charge >= 0.3 is 5.97 Å². The van der Waals surface area contributed by atoms with E-state index in [0.717, 1.165) is 13.0 Å². The molecule has 1 heterocycles. The van der Waals surface area contributed by atoms with Crippen LogP contribution in [-0.2, 0) is 4.74 Å². The van der Waals surface area contributed by atoms with E-state index in [0.29, 0.717) is 17.4 Å². The van der Waals surface area contributed by atoms with Gasteiger partial charge in [0.05, 0.1) is 12.7 Å². The molecule has 0 radical (unpaired) electrons. The molecule has 0 amide bonds. The Labute approximate surface area is 108 Å². The summed E-state index contributed by atoms with van der Waals surface area (Å²) in [5.41, 5.74) is 0.509. The number of carbonyl (C=O) groups is 1. The molecule has 0 aliphatic rings. The van der Waals surface area contributed by atoms with Crippen LogP contribution in [0.15, 0.2) is 18.3 Å². The van der Waals surface area contributed by atoms with Gasteiger partial charge in [0.25, 0.3) is 0 Å². The highest BCUT2D eigenvalue weighted by atomic mass is 16.5. The van der Waals surface area contributed by atoms with E-state index in [4.69, 9.17) is 0 Å². The first-order chi connectivity index (χ1) is 8.52. The lowest BCUT2D eigenvalue weighted by molar-refractivity contribution is 0.0600. The summed E-state index contributed by atoms with van der Waals surface area (Å²) in [7, 11) is 5.46. The van der Waals surface area contributed by atoms with Gasteiger partial charge in [0.15, 0.2) is 0 Å². The molecule has 1 aromatic rings. The number of aromatic nitrogens is 1. The van der Waals surface area contributed by atoms with Gasteiger partial charge in [-0.1, -0.05) is 0 Å². The van der Waals surface area contributed by atoms with E-state index in [9.17, 15) is 4.79 Å². The molecule has 5 heteroatoms. The predicted octanol–water partition coefficient (Wildman–Crippen LogP) is 1.62. The van der Waals surface area contributed by atoms with Gasteiger partial charge in [-0.15, -0.1) is 0 Å². The van der Waals surface area contributed by atoms with E-state index in [1.807, 2.05) is 14.1 Å². The van der Waals surface area contributed by atoms with Gasteiger partial charge in [-0.2, -0.15) is 0 Å². The molecule has 1 atom stereocenters. The van der Waals surface area contributed by atoms with E-state index < -0.39 is 0 Å². The van der Waals surface area contributed by atoms with Crippen molar-refractivity contribution in [3.63, 3.8) is 0 Å². The van der Waals surface area contributed by atoms with Crippen molar-refractivity contribution in [2.75, 3.05) is 33.1 Å². The lowest BCUT2D eigenvalue weighted by atomic mass is 10.2. The fourth-order valence-electron chi connectivity index (χ4n) is 1.53. The Balaban J connectivity index is 2.59. The van der Waals surface area contributed by atoms with Gasteiger partial charge in [-0.25, -0.2) is 9.78 Å². The minimum Gasteiger partial charge on any atom is -0.465 e. The molecule has 1 aromatic heterocycles. The Morgan fingerprint density at radius 1 is 1.56 bits per heavy atom. The summed E-state index contributed by atoms with van der Waals surface area (Å²) < 4.78 is 4.67. The second-order valence-corrected chi connectivity index (χ2v) is 4.56. The number of pyridine rings is 1. The second kappa shape index (κ2) is 6.96. The molecule has 1 rings (SSSR count). The Kier molecular flexibility index (Phi) is 5.58. The highest BCUT2D eigenvalue weighted by molar-refractivity contribution is 5.89. The maximum absolute atomic E-state index is 11.4. The van der Waals surface area contributed by atoms with Crippen LogP contribution in [0.4, 0.5) is 5.82 Å². The Morgan fingerprint density at radius 2 is 2.28 bits per heavy atom. The maximum Gasteiger partial charge on any atom is 0.338 e. The zero-order valence-corrected chi connectivity index (χ0v) is 11.4. The molecule has 0 spiro atoms. The van der Waals surface area contributed by atoms with Crippen LogP contribution >= 0.6 is 0 Å². The van der Waals surface area contributed by atoms with Gasteiger partial charge in [0.1, 0.15) is 5.82 Å².